The fourth-order valence-corrected chi connectivity index (χ4v) is 0.697. The van der Waals surface area contributed by atoms with Gasteiger partial charge in [-0.2, -0.15) is 9.97 Å². The van der Waals surface area contributed by atoms with E-state index in [0.717, 1.165) is 6.20 Å². The molecule has 0 atom stereocenters. The molecule has 0 aliphatic rings. The van der Waals surface area contributed by atoms with Gasteiger partial charge in [-0.15, -0.1) is 0 Å². The molecule has 1 aromatic rings. The predicted octanol–water partition coefficient (Wildman–Crippen LogP) is -0.321. The molecule has 0 spiro atoms. The van der Waals surface area contributed by atoms with Crippen LogP contribution < -0.4 is 16.0 Å². The molecule has 0 fully saturated rings. The third kappa shape index (κ3) is 1.79. The molecule has 13 heavy (non-hydrogen) atoms. The lowest BCUT2D eigenvalue weighted by atomic mass is 10.5. The van der Waals surface area contributed by atoms with Crippen LogP contribution >= 0.6 is 0 Å². The summed E-state index contributed by atoms with van der Waals surface area (Å²) in [5.41, 5.74) is 1.78. The topological polar surface area (TPSA) is 116 Å². The summed E-state index contributed by atoms with van der Waals surface area (Å²) in [6.07, 6.45) is 1.01. The molecule has 0 aliphatic heterocycles. The number of anilines is 1. The summed E-state index contributed by atoms with van der Waals surface area (Å²) in [4.78, 5) is 16.9. The van der Waals surface area contributed by atoms with Crippen LogP contribution in [0.1, 0.15) is 0 Å². The van der Waals surface area contributed by atoms with Crippen LogP contribution in [0.4, 0.5) is 11.5 Å². The van der Waals surface area contributed by atoms with Crippen LogP contribution in [0, 0.1) is 10.1 Å². The van der Waals surface area contributed by atoms with Gasteiger partial charge in [0.05, 0.1) is 12.0 Å². The van der Waals surface area contributed by atoms with Crippen LogP contribution in [0.25, 0.3) is 0 Å². The van der Waals surface area contributed by atoms with Gasteiger partial charge in [-0.25, -0.2) is 5.84 Å². The first-order valence-electron chi connectivity index (χ1n) is 3.21. The average molecular weight is 185 g/mol. The minimum atomic E-state index is -0.644. The van der Waals surface area contributed by atoms with Crippen LogP contribution in [0.15, 0.2) is 6.20 Å². The number of rotatable bonds is 3. The van der Waals surface area contributed by atoms with Gasteiger partial charge in [-0.05, 0) is 0 Å². The Morgan fingerprint density at radius 3 is 2.92 bits per heavy atom. The van der Waals surface area contributed by atoms with Gasteiger partial charge in [0.2, 0.25) is 5.82 Å². The Labute approximate surface area is 72.9 Å². The summed E-state index contributed by atoms with van der Waals surface area (Å²) in [5, 5.41) is 10.4. The molecule has 0 saturated heterocycles. The zero-order chi connectivity index (χ0) is 9.84. The average Bonchev–Trinajstić information content (AvgIpc) is 2.16. The number of hydrogen-bond donors (Lipinski definition) is 2. The highest BCUT2D eigenvalue weighted by atomic mass is 16.6. The van der Waals surface area contributed by atoms with E-state index in [2.05, 4.69) is 20.1 Å². The van der Waals surface area contributed by atoms with Crippen molar-refractivity contribution in [2.75, 3.05) is 12.5 Å². The lowest BCUT2D eigenvalue weighted by Gasteiger charge is -2.01. The molecule has 1 heterocycles. The lowest BCUT2D eigenvalue weighted by Crippen LogP contribution is -2.11. The Kier molecular flexibility index (Phi) is 2.55. The number of nitrogens with one attached hydrogen (secondary N) is 1. The van der Waals surface area contributed by atoms with Crippen LogP contribution in [0.2, 0.25) is 0 Å². The zero-order valence-electron chi connectivity index (χ0n) is 6.72. The first kappa shape index (κ1) is 9.13. The van der Waals surface area contributed by atoms with Crippen LogP contribution in [0.5, 0.6) is 6.01 Å². The minimum absolute atomic E-state index is 0.0125. The van der Waals surface area contributed by atoms with E-state index in [1.54, 1.807) is 0 Å². The molecule has 0 amide bonds. The molecular formula is C5H7N5O3. The van der Waals surface area contributed by atoms with E-state index in [4.69, 9.17) is 5.84 Å². The van der Waals surface area contributed by atoms with Crippen LogP contribution in [-0.2, 0) is 0 Å². The van der Waals surface area contributed by atoms with Crippen molar-refractivity contribution in [3.8, 4) is 6.01 Å². The predicted molar refractivity (Wildman–Crippen MR) is 43.0 cm³/mol. The van der Waals surface area contributed by atoms with Gasteiger partial charge in [0.1, 0.15) is 6.20 Å². The Hall–Kier alpha value is -1.96. The maximum Gasteiger partial charge on any atom is 0.331 e. The highest BCUT2D eigenvalue weighted by molar-refractivity contribution is 5.53. The smallest absolute Gasteiger partial charge is 0.331 e. The number of nitrogens with two attached hydrogens (primary N) is 1. The fraction of sp³-hybridized carbons (Fsp3) is 0.200. The summed E-state index contributed by atoms with van der Waals surface area (Å²) in [5.74, 6) is 4.93. The number of nitrogens with zero attached hydrogens (tertiary/aromatic N) is 3. The normalized spacial score (nSPS) is 9.38. The third-order valence-electron chi connectivity index (χ3n) is 1.26. The van der Waals surface area contributed by atoms with E-state index < -0.39 is 4.92 Å². The largest absolute Gasteiger partial charge is 0.467 e. The molecule has 8 nitrogen and oxygen atoms in total. The number of aromatic nitrogens is 2. The van der Waals surface area contributed by atoms with Crippen molar-refractivity contribution in [3.63, 3.8) is 0 Å². The molecule has 1 aromatic heterocycles. The van der Waals surface area contributed by atoms with Crippen LogP contribution in [0.3, 0.4) is 0 Å². The van der Waals surface area contributed by atoms with Crippen molar-refractivity contribution < 1.29 is 9.66 Å². The van der Waals surface area contributed by atoms with Gasteiger partial charge in [-0.3, -0.25) is 10.1 Å². The van der Waals surface area contributed by atoms with Gasteiger partial charge in [0.25, 0.3) is 0 Å². The third-order valence-corrected chi connectivity index (χ3v) is 1.26. The van der Waals surface area contributed by atoms with Crippen molar-refractivity contribution in [3.05, 3.63) is 16.3 Å². The molecule has 0 radical (unpaired) electrons. The first-order chi connectivity index (χ1) is 6.19. The molecule has 0 aromatic carbocycles. The van der Waals surface area contributed by atoms with E-state index in [1.807, 2.05) is 0 Å². The summed E-state index contributed by atoms with van der Waals surface area (Å²) in [6.45, 7) is 0. The highest BCUT2D eigenvalue weighted by Gasteiger charge is 2.16. The van der Waals surface area contributed by atoms with Gasteiger partial charge < -0.3 is 10.2 Å². The summed E-state index contributed by atoms with van der Waals surface area (Å²) < 4.78 is 4.65. The monoisotopic (exact) mass is 185 g/mol. The van der Waals surface area contributed by atoms with E-state index in [0.29, 0.717) is 0 Å². The molecule has 0 aliphatic carbocycles. The Balaban J connectivity index is 3.15. The SMILES string of the molecule is COc1ncc([N+](=O)[O-])c(NN)n1. The standard InChI is InChI=1S/C5H7N5O3/c1-13-5-7-2-3(10(11)12)4(8-5)9-6/h2H,6H2,1H3,(H,7,8,9). The molecule has 1 rings (SSSR count). The van der Waals surface area contributed by atoms with Gasteiger partial charge in [0, 0.05) is 0 Å². The van der Waals surface area contributed by atoms with Crippen molar-refractivity contribution in [1.29, 1.82) is 0 Å². The minimum Gasteiger partial charge on any atom is -0.467 e. The molecule has 70 valence electrons. The van der Waals surface area contributed by atoms with E-state index in [-0.39, 0.29) is 17.5 Å². The second-order valence-electron chi connectivity index (χ2n) is 1.99. The second-order valence-corrected chi connectivity index (χ2v) is 1.99. The Morgan fingerprint density at radius 2 is 2.46 bits per heavy atom. The van der Waals surface area contributed by atoms with Crippen molar-refractivity contribution in [1.82, 2.24) is 9.97 Å². The zero-order valence-corrected chi connectivity index (χ0v) is 6.72. The lowest BCUT2D eigenvalue weighted by molar-refractivity contribution is -0.384. The Bertz CT molecular complexity index is 328. The van der Waals surface area contributed by atoms with E-state index >= 15 is 0 Å². The summed E-state index contributed by atoms with van der Waals surface area (Å²) in [7, 11) is 1.35. The number of hydrogen-bond acceptors (Lipinski definition) is 7. The van der Waals surface area contributed by atoms with Crippen molar-refractivity contribution in [2.45, 2.75) is 0 Å². The van der Waals surface area contributed by atoms with E-state index in [9.17, 15) is 10.1 Å². The quantitative estimate of drug-likeness (QED) is 0.376. The number of nitrogen functional groups attached to an aromatic ring is 1. The Morgan fingerprint density at radius 1 is 1.77 bits per heavy atom. The maximum absolute atomic E-state index is 10.4. The van der Waals surface area contributed by atoms with E-state index in [1.165, 1.54) is 7.11 Å². The van der Waals surface area contributed by atoms with Gasteiger partial charge >= 0.3 is 11.7 Å². The fourth-order valence-electron chi connectivity index (χ4n) is 0.697. The van der Waals surface area contributed by atoms with Crippen molar-refractivity contribution >= 4 is 11.5 Å². The van der Waals surface area contributed by atoms with Crippen LogP contribution in [-0.4, -0.2) is 22.0 Å². The number of ether oxygens (including phenoxy) is 1. The molecular weight excluding hydrogens is 178 g/mol. The molecule has 8 heteroatoms. The van der Waals surface area contributed by atoms with Gasteiger partial charge in [-0.1, -0.05) is 0 Å². The first-order valence-corrected chi connectivity index (χ1v) is 3.21. The number of hydrazine groups is 1. The maximum atomic E-state index is 10.4. The molecule has 0 saturated carbocycles. The molecule has 0 unspecified atom stereocenters. The second kappa shape index (κ2) is 3.63. The highest BCUT2D eigenvalue weighted by Crippen LogP contribution is 2.20. The molecule has 0 bridgehead atoms. The number of nitro groups is 1. The summed E-state index contributed by atoms with van der Waals surface area (Å²) >= 11 is 0. The van der Waals surface area contributed by atoms with Gasteiger partial charge in [0.15, 0.2) is 0 Å². The number of methoxy groups -OCH3 is 1. The summed E-state index contributed by atoms with van der Waals surface area (Å²) in [6, 6.07) is 0.0125. The van der Waals surface area contributed by atoms with Crippen molar-refractivity contribution in [2.24, 2.45) is 5.84 Å². The molecule has 3 N–H and O–H groups in total.